The largest absolute Gasteiger partial charge is 0.351 e. The van der Waals surface area contributed by atoms with Crippen LogP contribution in [0, 0.1) is 0 Å². The molecule has 3 unspecified atom stereocenters. The summed E-state index contributed by atoms with van der Waals surface area (Å²) in [5.41, 5.74) is 0. The first kappa shape index (κ1) is 14.2. The smallest absolute Gasteiger partial charge is 0.170 e. The second-order valence-electron chi connectivity index (χ2n) is 4.30. The zero-order valence-corrected chi connectivity index (χ0v) is 11.7. The fourth-order valence-electron chi connectivity index (χ4n) is 1.85. The highest BCUT2D eigenvalue weighted by Crippen LogP contribution is 2.24. The van der Waals surface area contributed by atoms with E-state index in [1.54, 1.807) is 0 Å². The minimum atomic E-state index is -0.0987. The van der Waals surface area contributed by atoms with Gasteiger partial charge in [0, 0.05) is 6.61 Å². The maximum absolute atomic E-state index is 5.91. The molecule has 0 aromatic rings. The Kier molecular flexibility index (Phi) is 7.33. The summed E-state index contributed by atoms with van der Waals surface area (Å²) >= 11 is 3.61. The third kappa shape index (κ3) is 4.98. The van der Waals surface area contributed by atoms with Crippen LogP contribution < -0.4 is 0 Å². The second kappa shape index (κ2) is 8.26. The highest BCUT2D eigenvalue weighted by Gasteiger charge is 2.26. The van der Waals surface area contributed by atoms with Gasteiger partial charge in [0.25, 0.3) is 0 Å². The summed E-state index contributed by atoms with van der Waals surface area (Å²) in [4.78, 5) is 0.329. The van der Waals surface area contributed by atoms with Crippen LogP contribution in [-0.4, -0.2) is 23.8 Å². The fourth-order valence-corrected chi connectivity index (χ4v) is 2.45. The Morgan fingerprint density at radius 2 is 2.38 bits per heavy atom. The van der Waals surface area contributed by atoms with Crippen molar-refractivity contribution in [1.82, 2.24) is 0 Å². The van der Waals surface area contributed by atoms with Crippen LogP contribution in [0.3, 0.4) is 0 Å². The van der Waals surface area contributed by atoms with Gasteiger partial charge in [-0.1, -0.05) is 48.2 Å². The molecule has 0 N–H and O–H groups in total. The zero-order valence-electron chi connectivity index (χ0n) is 10.2. The van der Waals surface area contributed by atoms with Gasteiger partial charge in [-0.15, -0.1) is 6.58 Å². The third-order valence-corrected chi connectivity index (χ3v) is 3.76. The second-order valence-corrected chi connectivity index (χ2v) is 5.48. The van der Waals surface area contributed by atoms with Crippen molar-refractivity contribution in [3.63, 3.8) is 0 Å². The molecular weight excluding hydrogens is 268 g/mol. The molecule has 0 aromatic heterocycles. The Bertz CT molecular complexity index is 196. The third-order valence-electron chi connectivity index (χ3n) is 2.87. The Labute approximate surface area is 108 Å². The van der Waals surface area contributed by atoms with Gasteiger partial charge in [-0.05, 0) is 19.3 Å². The minimum absolute atomic E-state index is 0.0987. The molecule has 1 aliphatic rings. The molecule has 1 rings (SSSR count). The van der Waals surface area contributed by atoms with Crippen LogP contribution in [0.5, 0.6) is 0 Å². The number of ether oxygens (including phenoxy) is 2. The molecule has 94 valence electrons. The number of rotatable bonds is 7. The van der Waals surface area contributed by atoms with Crippen LogP contribution in [0.4, 0.5) is 0 Å². The van der Waals surface area contributed by atoms with Gasteiger partial charge in [0.15, 0.2) is 6.29 Å². The van der Waals surface area contributed by atoms with Gasteiger partial charge in [0.2, 0.25) is 0 Å². The number of halogens is 1. The first-order valence-corrected chi connectivity index (χ1v) is 7.23. The Balaban J connectivity index is 2.27. The van der Waals surface area contributed by atoms with Crippen LogP contribution in [0.2, 0.25) is 0 Å². The van der Waals surface area contributed by atoms with Gasteiger partial charge in [-0.25, -0.2) is 0 Å². The van der Waals surface area contributed by atoms with E-state index < -0.39 is 0 Å². The van der Waals surface area contributed by atoms with E-state index in [1.807, 2.05) is 6.08 Å². The average molecular weight is 291 g/mol. The van der Waals surface area contributed by atoms with Gasteiger partial charge in [0.05, 0.1) is 10.9 Å². The molecular formula is C13H23BrO2. The average Bonchev–Trinajstić information content (AvgIpc) is 2.30. The van der Waals surface area contributed by atoms with E-state index in [2.05, 4.69) is 29.4 Å². The lowest BCUT2D eigenvalue weighted by molar-refractivity contribution is -0.174. The molecule has 0 spiro atoms. The lowest BCUT2D eigenvalue weighted by atomic mass is 10.1. The monoisotopic (exact) mass is 290 g/mol. The van der Waals surface area contributed by atoms with E-state index in [0.29, 0.717) is 4.83 Å². The molecule has 0 aliphatic carbocycles. The predicted octanol–water partition coefficient (Wildman–Crippen LogP) is 4.04. The van der Waals surface area contributed by atoms with Gasteiger partial charge < -0.3 is 9.47 Å². The standard InChI is InChI=1S/C13H23BrO2/c1-3-5-6-8-11(4-2)16-13-12(14)9-7-10-15-13/h4,11-13H,2-3,5-10H2,1H3. The van der Waals surface area contributed by atoms with Crippen molar-refractivity contribution in [2.45, 2.75) is 62.7 Å². The summed E-state index contributed by atoms with van der Waals surface area (Å²) < 4.78 is 11.5. The molecule has 2 nitrogen and oxygen atoms in total. The molecule has 0 aromatic carbocycles. The molecule has 3 atom stereocenters. The highest BCUT2D eigenvalue weighted by atomic mass is 79.9. The first-order valence-electron chi connectivity index (χ1n) is 6.31. The lowest BCUT2D eigenvalue weighted by Gasteiger charge is -2.30. The summed E-state index contributed by atoms with van der Waals surface area (Å²) in [6.07, 6.45) is 8.93. The van der Waals surface area contributed by atoms with Crippen molar-refractivity contribution in [3.05, 3.63) is 12.7 Å². The maximum atomic E-state index is 5.91. The maximum Gasteiger partial charge on any atom is 0.170 e. The summed E-state index contributed by atoms with van der Waals surface area (Å²) in [6, 6.07) is 0. The Morgan fingerprint density at radius 1 is 1.56 bits per heavy atom. The number of hydrogen-bond acceptors (Lipinski definition) is 2. The van der Waals surface area contributed by atoms with Crippen molar-refractivity contribution < 1.29 is 9.47 Å². The van der Waals surface area contributed by atoms with Crippen molar-refractivity contribution in [2.24, 2.45) is 0 Å². The van der Waals surface area contributed by atoms with E-state index in [0.717, 1.165) is 25.9 Å². The van der Waals surface area contributed by atoms with Crippen molar-refractivity contribution >= 4 is 15.9 Å². The lowest BCUT2D eigenvalue weighted by Crippen LogP contribution is -2.35. The van der Waals surface area contributed by atoms with Crippen LogP contribution >= 0.6 is 15.9 Å². The van der Waals surface area contributed by atoms with Crippen LogP contribution in [0.1, 0.15) is 45.4 Å². The van der Waals surface area contributed by atoms with Gasteiger partial charge in [-0.2, -0.15) is 0 Å². The SMILES string of the molecule is C=CC(CCCCC)OC1OCCCC1Br. The summed E-state index contributed by atoms with van der Waals surface area (Å²) in [5, 5.41) is 0. The van der Waals surface area contributed by atoms with E-state index in [9.17, 15) is 0 Å². The van der Waals surface area contributed by atoms with E-state index in [-0.39, 0.29) is 12.4 Å². The van der Waals surface area contributed by atoms with Crippen LogP contribution in [0.15, 0.2) is 12.7 Å². The summed E-state index contributed by atoms with van der Waals surface area (Å²) in [6.45, 7) is 6.86. The molecule has 1 saturated heterocycles. The zero-order chi connectivity index (χ0) is 11.8. The van der Waals surface area contributed by atoms with Crippen LogP contribution in [-0.2, 0) is 9.47 Å². The molecule has 3 heteroatoms. The van der Waals surface area contributed by atoms with Crippen molar-refractivity contribution in [1.29, 1.82) is 0 Å². The predicted molar refractivity (Wildman–Crippen MR) is 70.9 cm³/mol. The summed E-state index contributed by atoms with van der Waals surface area (Å²) in [7, 11) is 0. The van der Waals surface area contributed by atoms with Crippen LogP contribution in [0.25, 0.3) is 0 Å². The topological polar surface area (TPSA) is 18.5 Å². The normalized spacial score (nSPS) is 27.6. The molecule has 1 aliphatic heterocycles. The number of unbranched alkanes of at least 4 members (excludes halogenated alkanes) is 2. The highest BCUT2D eigenvalue weighted by molar-refractivity contribution is 9.09. The Morgan fingerprint density at radius 3 is 3.00 bits per heavy atom. The molecule has 1 heterocycles. The molecule has 0 amide bonds. The Hall–Kier alpha value is 0.140. The summed E-state index contributed by atoms with van der Waals surface area (Å²) in [5.74, 6) is 0. The van der Waals surface area contributed by atoms with E-state index in [1.165, 1.54) is 19.3 Å². The van der Waals surface area contributed by atoms with Crippen molar-refractivity contribution in [2.75, 3.05) is 6.61 Å². The van der Waals surface area contributed by atoms with Gasteiger partial charge in [0.1, 0.15) is 0 Å². The number of hydrogen-bond donors (Lipinski definition) is 0. The molecule has 0 bridgehead atoms. The number of alkyl halides is 1. The molecule has 16 heavy (non-hydrogen) atoms. The quantitative estimate of drug-likeness (QED) is 0.400. The van der Waals surface area contributed by atoms with Gasteiger partial charge >= 0.3 is 0 Å². The molecule has 0 saturated carbocycles. The van der Waals surface area contributed by atoms with E-state index >= 15 is 0 Å². The van der Waals surface area contributed by atoms with Crippen molar-refractivity contribution in [3.8, 4) is 0 Å². The van der Waals surface area contributed by atoms with E-state index in [4.69, 9.17) is 9.47 Å². The first-order chi connectivity index (χ1) is 7.77. The molecule has 1 fully saturated rings. The van der Waals surface area contributed by atoms with Gasteiger partial charge in [-0.3, -0.25) is 0 Å². The minimum Gasteiger partial charge on any atom is -0.351 e. The fraction of sp³-hybridized carbons (Fsp3) is 0.846. The molecule has 0 radical (unpaired) electrons.